The monoisotopic (exact) mass is 583 g/mol. The van der Waals surface area contributed by atoms with Crippen molar-refractivity contribution in [3.05, 3.63) is 92.0 Å². The number of quaternary nitrogens is 2. The summed E-state index contributed by atoms with van der Waals surface area (Å²) in [4.78, 5) is 2.48. The summed E-state index contributed by atoms with van der Waals surface area (Å²) in [6, 6.07) is 26.2. The third-order valence-electron chi connectivity index (χ3n) is 9.76. The molecule has 236 valence electrons. The predicted molar refractivity (Wildman–Crippen MR) is 193 cm³/mol. The summed E-state index contributed by atoms with van der Waals surface area (Å²) < 4.78 is 1.16. The molecular formula is C40H61N3. The molecule has 0 aliphatic carbocycles. The van der Waals surface area contributed by atoms with Crippen LogP contribution in [0.3, 0.4) is 0 Å². The molecule has 0 atom stereocenters. The molecule has 0 spiro atoms. The molecule has 0 radical (unpaired) electrons. The van der Waals surface area contributed by atoms with Gasteiger partial charge in [-0.25, -0.2) is 0 Å². The van der Waals surface area contributed by atoms with E-state index in [2.05, 4.69) is 169 Å². The molecule has 0 fully saturated rings. The quantitative estimate of drug-likeness (QED) is 0.179. The van der Waals surface area contributed by atoms with Gasteiger partial charge in [0.1, 0.15) is 22.7 Å². The Morgan fingerprint density at radius 3 is 1.12 bits per heavy atom. The molecule has 3 nitrogen and oxygen atoms in total. The first kappa shape index (κ1) is 34.9. The van der Waals surface area contributed by atoms with E-state index in [4.69, 9.17) is 14.1 Å². The zero-order chi connectivity index (χ0) is 32.7. The summed E-state index contributed by atoms with van der Waals surface area (Å²) in [6.45, 7) is 32.2. The summed E-state index contributed by atoms with van der Waals surface area (Å²) in [6.07, 6.45) is 0. The van der Waals surface area contributed by atoms with E-state index < -0.39 is 0 Å². The Hall–Kier alpha value is -2.62. The van der Waals surface area contributed by atoms with Crippen LogP contribution in [-0.4, -0.2) is 24.2 Å². The number of para-hydroxylation sites is 1. The van der Waals surface area contributed by atoms with E-state index in [1.54, 1.807) is 0 Å². The molecule has 3 rings (SSSR count). The van der Waals surface area contributed by atoms with E-state index in [0.717, 1.165) is 5.69 Å². The van der Waals surface area contributed by atoms with Crippen molar-refractivity contribution in [2.75, 3.05) is 4.90 Å². The maximum Gasteiger partial charge on any atom is 0.131 e. The third-order valence-corrected chi connectivity index (χ3v) is 9.76. The van der Waals surface area contributed by atoms with Crippen molar-refractivity contribution in [3.8, 4) is 0 Å². The molecule has 3 aromatic rings. The van der Waals surface area contributed by atoms with Crippen LogP contribution in [0.1, 0.15) is 108 Å². The fourth-order valence-corrected chi connectivity index (χ4v) is 6.32. The van der Waals surface area contributed by atoms with E-state index in [1.165, 1.54) is 33.9 Å². The number of hydrogen-bond acceptors (Lipinski definition) is 1. The molecule has 0 aliphatic heterocycles. The first-order chi connectivity index (χ1) is 19.7. The van der Waals surface area contributed by atoms with Crippen molar-refractivity contribution in [2.45, 2.75) is 132 Å². The van der Waals surface area contributed by atoms with Gasteiger partial charge in [-0.2, -0.15) is 0 Å². The van der Waals surface area contributed by atoms with E-state index in [9.17, 15) is 0 Å². The lowest BCUT2D eigenvalue weighted by Crippen LogP contribution is -2.55. The Bertz CT molecular complexity index is 1260. The summed E-state index contributed by atoms with van der Waals surface area (Å²) >= 11 is 0. The minimum Gasteiger partial charge on any atom is -0.418 e. The van der Waals surface area contributed by atoms with Crippen molar-refractivity contribution in [1.29, 1.82) is 0 Å². The highest BCUT2D eigenvalue weighted by molar-refractivity contribution is 5.90. The Balaban J connectivity index is 2.60. The van der Waals surface area contributed by atoms with Gasteiger partial charge >= 0.3 is 0 Å². The zero-order valence-electron chi connectivity index (χ0n) is 29.9. The van der Waals surface area contributed by atoms with Gasteiger partial charge in [-0.15, -0.1) is 14.1 Å². The van der Waals surface area contributed by atoms with Crippen LogP contribution >= 0.6 is 0 Å². The van der Waals surface area contributed by atoms with Crippen LogP contribution in [0.25, 0.3) is 0 Å². The summed E-state index contributed by atoms with van der Waals surface area (Å²) in [5.41, 5.74) is 8.61. The maximum absolute atomic E-state index is 4.96. The third kappa shape index (κ3) is 6.59. The predicted octanol–water partition coefficient (Wildman–Crippen LogP) is 11.6. The normalized spacial score (nSPS) is 13.5. The largest absolute Gasteiger partial charge is 0.418 e. The highest BCUT2D eigenvalue weighted by Crippen LogP contribution is 2.51. The number of anilines is 3. The van der Waals surface area contributed by atoms with Crippen LogP contribution in [0, 0.1) is 14.1 Å². The molecule has 3 aromatic carbocycles. The Morgan fingerprint density at radius 1 is 0.512 bits per heavy atom. The summed E-state index contributed by atoms with van der Waals surface area (Å²) in [7, 11) is 9.92. The molecule has 0 N–H and O–H groups in total. The summed E-state index contributed by atoms with van der Waals surface area (Å²) in [5.74, 6) is 0. The van der Waals surface area contributed by atoms with Gasteiger partial charge in [0, 0.05) is 17.8 Å². The topological polar surface area (TPSA) is 3.24 Å². The Labute approximate surface area is 265 Å². The van der Waals surface area contributed by atoms with Gasteiger partial charge in [0.2, 0.25) is 0 Å². The molecule has 0 unspecified atom stereocenters. The lowest BCUT2D eigenvalue weighted by atomic mass is 9.85. The standard InChI is InChI=1S/C40H61N3/c1-28(2)42(15,29(3)4)37-26-32(39(9,10)11)22-24-35(37)41(34-20-18-17-19-21-34)36-25-23-33(40(12,13)14)27-38(36)43(16,30(5)6)31(7)8/h17-31H,15-16H2,1-14H3. The van der Waals surface area contributed by atoms with E-state index in [0.29, 0.717) is 8.97 Å². The van der Waals surface area contributed by atoms with Gasteiger partial charge in [0.25, 0.3) is 0 Å². The SMILES string of the molecule is [CH2-][N+](c1cc(C(C)(C)C)ccc1N(c1ccccc1)c1ccc(C(C)(C)C)cc1[N+]([CH2-])(C(C)C)C(C)C)(C(C)C)C(C)C. The zero-order valence-corrected chi connectivity index (χ0v) is 29.9. The van der Waals surface area contributed by atoms with Gasteiger partial charge in [-0.05, 0) is 102 Å². The van der Waals surface area contributed by atoms with Crippen molar-refractivity contribution in [1.82, 2.24) is 8.97 Å². The summed E-state index contributed by atoms with van der Waals surface area (Å²) in [5, 5.41) is 0. The van der Waals surface area contributed by atoms with Gasteiger partial charge in [-0.3, -0.25) is 4.90 Å². The maximum atomic E-state index is 4.96. The van der Waals surface area contributed by atoms with Crippen molar-refractivity contribution in [2.24, 2.45) is 0 Å². The average molecular weight is 584 g/mol. The Kier molecular flexibility index (Phi) is 10.1. The van der Waals surface area contributed by atoms with E-state index >= 15 is 0 Å². The molecule has 0 amide bonds. The number of benzene rings is 3. The van der Waals surface area contributed by atoms with Gasteiger partial charge in [-0.1, -0.05) is 71.9 Å². The van der Waals surface area contributed by atoms with Crippen LogP contribution in [0.15, 0.2) is 66.7 Å². The first-order valence-corrected chi connectivity index (χ1v) is 16.3. The number of hydrogen-bond donors (Lipinski definition) is 0. The van der Waals surface area contributed by atoms with Gasteiger partial charge in [0.15, 0.2) is 0 Å². The smallest absolute Gasteiger partial charge is 0.131 e. The second kappa shape index (κ2) is 12.4. The van der Waals surface area contributed by atoms with Crippen LogP contribution in [0.5, 0.6) is 0 Å². The molecule has 3 heteroatoms. The van der Waals surface area contributed by atoms with Gasteiger partial charge < -0.3 is 8.97 Å². The average Bonchev–Trinajstić information content (AvgIpc) is 2.91. The van der Waals surface area contributed by atoms with Crippen LogP contribution in [0.2, 0.25) is 0 Å². The van der Waals surface area contributed by atoms with Gasteiger partial charge in [0.05, 0.1) is 24.2 Å². The molecule has 0 aromatic heterocycles. The molecular weight excluding hydrogens is 522 g/mol. The van der Waals surface area contributed by atoms with Crippen molar-refractivity contribution >= 4 is 28.4 Å². The first-order valence-electron chi connectivity index (χ1n) is 16.3. The fraction of sp³-hybridized carbons (Fsp3) is 0.500. The molecule has 0 bridgehead atoms. The van der Waals surface area contributed by atoms with Crippen LogP contribution in [0.4, 0.5) is 28.4 Å². The minimum absolute atomic E-state index is 0.0117. The highest BCUT2D eigenvalue weighted by Gasteiger charge is 2.37. The van der Waals surface area contributed by atoms with Crippen LogP contribution in [-0.2, 0) is 10.8 Å². The van der Waals surface area contributed by atoms with E-state index in [-0.39, 0.29) is 35.0 Å². The Morgan fingerprint density at radius 2 is 0.837 bits per heavy atom. The van der Waals surface area contributed by atoms with Crippen LogP contribution < -0.4 is 13.9 Å². The molecule has 0 aliphatic rings. The van der Waals surface area contributed by atoms with Crippen molar-refractivity contribution in [3.63, 3.8) is 0 Å². The number of nitrogens with zero attached hydrogens (tertiary/aromatic N) is 3. The fourth-order valence-electron chi connectivity index (χ4n) is 6.32. The van der Waals surface area contributed by atoms with E-state index in [1.807, 2.05) is 0 Å². The highest BCUT2D eigenvalue weighted by atomic mass is 15.4. The molecule has 0 saturated carbocycles. The molecule has 0 heterocycles. The number of rotatable bonds is 9. The minimum atomic E-state index is 0.0117. The lowest BCUT2D eigenvalue weighted by molar-refractivity contribution is 0.249. The lowest BCUT2D eigenvalue weighted by Gasteiger charge is -2.53. The van der Waals surface area contributed by atoms with Crippen molar-refractivity contribution < 1.29 is 0 Å². The molecule has 0 saturated heterocycles. The molecule has 43 heavy (non-hydrogen) atoms. The second-order valence-electron chi connectivity index (χ2n) is 15.8. The second-order valence-corrected chi connectivity index (χ2v) is 15.8.